The Hall–Kier alpha value is -3.13. The Morgan fingerprint density at radius 1 is 0.676 bits per heavy atom. The third-order valence-electron chi connectivity index (χ3n) is 6.14. The number of ether oxygens (including phenoxy) is 4. The molecule has 0 spiro atoms. The van der Waals surface area contributed by atoms with Crippen molar-refractivity contribution in [2.24, 2.45) is 0 Å². The van der Waals surface area contributed by atoms with Crippen molar-refractivity contribution in [2.75, 3.05) is 26.4 Å². The highest BCUT2D eigenvalue weighted by Gasteiger charge is 2.28. The second-order valence-corrected chi connectivity index (χ2v) is 11.1. The van der Waals surface area contributed by atoms with Gasteiger partial charge < -0.3 is 18.9 Å². The SMILES string of the molecule is C=CCc1cc(S(=O)(=O)c2cc(CC=C)c(OCC3CO3)c(CC=C)c2)cc(CC=C)c1OCC1CO1. The quantitative estimate of drug-likeness (QED) is 0.228. The maximum absolute atomic E-state index is 14.0. The van der Waals surface area contributed by atoms with Gasteiger partial charge in [-0.15, -0.1) is 26.3 Å². The van der Waals surface area contributed by atoms with E-state index in [9.17, 15) is 8.42 Å². The van der Waals surface area contributed by atoms with Gasteiger partial charge in [0.05, 0.1) is 23.0 Å². The van der Waals surface area contributed by atoms with Crippen molar-refractivity contribution in [1.82, 2.24) is 0 Å². The van der Waals surface area contributed by atoms with Gasteiger partial charge in [-0.3, -0.25) is 0 Å². The van der Waals surface area contributed by atoms with Crippen LogP contribution in [0.4, 0.5) is 0 Å². The number of rotatable bonds is 16. The molecule has 0 radical (unpaired) electrons. The normalized spacial score (nSPS) is 18.1. The maximum atomic E-state index is 14.0. The van der Waals surface area contributed by atoms with Crippen LogP contribution in [-0.2, 0) is 45.0 Å². The van der Waals surface area contributed by atoms with E-state index >= 15 is 0 Å². The summed E-state index contributed by atoms with van der Waals surface area (Å²) in [6, 6.07) is 6.73. The summed E-state index contributed by atoms with van der Waals surface area (Å²) in [4.78, 5) is 0.399. The number of allylic oxidation sites excluding steroid dienone is 4. The fourth-order valence-electron chi connectivity index (χ4n) is 4.17. The molecule has 0 saturated carbocycles. The highest BCUT2D eigenvalue weighted by molar-refractivity contribution is 7.91. The van der Waals surface area contributed by atoms with Crippen molar-refractivity contribution >= 4 is 9.84 Å². The lowest BCUT2D eigenvalue weighted by Gasteiger charge is -2.19. The molecule has 0 amide bonds. The fourth-order valence-corrected chi connectivity index (χ4v) is 5.63. The van der Waals surface area contributed by atoms with Crippen LogP contribution in [0.1, 0.15) is 22.3 Å². The van der Waals surface area contributed by atoms with Gasteiger partial charge in [0.1, 0.15) is 36.9 Å². The summed E-state index contributed by atoms with van der Waals surface area (Å²) in [5.41, 5.74) is 3.04. The summed E-state index contributed by atoms with van der Waals surface area (Å²) in [6.07, 6.45) is 8.98. The molecule has 0 bridgehead atoms. The van der Waals surface area contributed by atoms with E-state index in [0.29, 0.717) is 63.6 Å². The number of sulfone groups is 1. The smallest absolute Gasteiger partial charge is 0.206 e. The zero-order valence-electron chi connectivity index (χ0n) is 21.1. The first-order valence-corrected chi connectivity index (χ1v) is 13.9. The topological polar surface area (TPSA) is 77.7 Å². The van der Waals surface area contributed by atoms with Crippen molar-refractivity contribution in [3.8, 4) is 11.5 Å². The van der Waals surface area contributed by atoms with Crippen LogP contribution in [0.3, 0.4) is 0 Å². The van der Waals surface area contributed by atoms with Gasteiger partial charge in [-0.25, -0.2) is 8.42 Å². The Kier molecular flexibility index (Phi) is 8.69. The van der Waals surface area contributed by atoms with Crippen LogP contribution in [0.15, 0.2) is 84.7 Å². The van der Waals surface area contributed by atoms with Crippen LogP contribution >= 0.6 is 0 Å². The molecule has 2 aromatic rings. The van der Waals surface area contributed by atoms with E-state index in [1.807, 2.05) is 0 Å². The third kappa shape index (κ3) is 6.60. The second-order valence-electron chi connectivity index (χ2n) is 9.15. The van der Waals surface area contributed by atoms with Gasteiger partial charge >= 0.3 is 0 Å². The molecule has 2 atom stereocenters. The van der Waals surface area contributed by atoms with E-state index < -0.39 is 9.84 Å². The van der Waals surface area contributed by atoms with E-state index in [1.54, 1.807) is 48.6 Å². The second kappa shape index (κ2) is 11.9. The summed E-state index contributed by atoms with van der Waals surface area (Å²) in [7, 11) is -3.87. The molecule has 4 rings (SSSR count). The molecule has 2 fully saturated rings. The zero-order valence-corrected chi connectivity index (χ0v) is 21.9. The van der Waals surface area contributed by atoms with E-state index in [-0.39, 0.29) is 22.0 Å². The summed E-state index contributed by atoms with van der Waals surface area (Å²) in [6.45, 7) is 17.6. The minimum absolute atomic E-state index is 0.0790. The molecule has 2 aliphatic heterocycles. The van der Waals surface area contributed by atoms with Crippen LogP contribution in [-0.4, -0.2) is 47.1 Å². The third-order valence-corrected chi connectivity index (χ3v) is 7.85. The monoisotopic (exact) mass is 522 g/mol. The van der Waals surface area contributed by atoms with E-state index in [2.05, 4.69) is 26.3 Å². The van der Waals surface area contributed by atoms with Gasteiger partial charge in [-0.2, -0.15) is 0 Å². The van der Waals surface area contributed by atoms with Crippen LogP contribution in [0, 0.1) is 0 Å². The minimum Gasteiger partial charge on any atom is -0.490 e. The largest absolute Gasteiger partial charge is 0.490 e. The van der Waals surface area contributed by atoms with Crippen molar-refractivity contribution in [1.29, 1.82) is 0 Å². The predicted molar refractivity (Wildman–Crippen MR) is 144 cm³/mol. The van der Waals surface area contributed by atoms with E-state index in [1.165, 1.54) is 0 Å². The standard InChI is InChI=1S/C30H34O6S/c1-5-9-21-13-27(14-22(10-6-2)29(21)35-19-25-17-33-25)37(31,32)28-15-23(11-7-3)30(24(16-28)12-8-4)36-20-26-18-34-26/h5-8,13-16,25-26H,1-4,9-12,17-20H2. The molecule has 2 aromatic carbocycles. The summed E-state index contributed by atoms with van der Waals surface area (Å²) in [5.74, 6) is 1.33. The molecule has 0 aromatic heterocycles. The summed E-state index contributed by atoms with van der Waals surface area (Å²) >= 11 is 0. The highest BCUT2D eigenvalue weighted by atomic mass is 32.2. The number of hydrogen-bond acceptors (Lipinski definition) is 6. The lowest BCUT2D eigenvalue weighted by Crippen LogP contribution is -2.12. The fraction of sp³-hybridized carbons (Fsp3) is 0.333. The molecule has 0 aliphatic carbocycles. The molecule has 2 saturated heterocycles. The van der Waals surface area contributed by atoms with Crippen molar-refractivity contribution in [2.45, 2.75) is 47.7 Å². The molecule has 6 nitrogen and oxygen atoms in total. The molecular weight excluding hydrogens is 488 g/mol. The van der Waals surface area contributed by atoms with Gasteiger partial charge in [0.15, 0.2) is 0 Å². The summed E-state index contributed by atoms with van der Waals surface area (Å²) < 4.78 is 50.7. The van der Waals surface area contributed by atoms with Gasteiger partial charge in [0.25, 0.3) is 0 Å². The first kappa shape index (κ1) is 26.9. The first-order chi connectivity index (χ1) is 17.9. The molecule has 196 valence electrons. The summed E-state index contributed by atoms with van der Waals surface area (Å²) in [5, 5.41) is 0. The maximum Gasteiger partial charge on any atom is 0.206 e. The molecule has 7 heteroatoms. The highest BCUT2D eigenvalue weighted by Crippen LogP contribution is 2.36. The first-order valence-electron chi connectivity index (χ1n) is 12.4. The Bertz CT molecular complexity index is 1130. The molecule has 2 aliphatic rings. The number of benzene rings is 2. The minimum atomic E-state index is -3.87. The Balaban J connectivity index is 1.79. The molecule has 37 heavy (non-hydrogen) atoms. The van der Waals surface area contributed by atoms with Gasteiger partial charge in [-0.05, 0) is 72.2 Å². The van der Waals surface area contributed by atoms with Crippen LogP contribution in [0.5, 0.6) is 11.5 Å². The number of hydrogen-bond donors (Lipinski definition) is 0. The Morgan fingerprint density at radius 3 is 1.22 bits per heavy atom. The van der Waals surface area contributed by atoms with Crippen LogP contribution in [0.2, 0.25) is 0 Å². The van der Waals surface area contributed by atoms with Gasteiger partial charge in [0, 0.05) is 0 Å². The zero-order chi connectivity index (χ0) is 26.4. The Morgan fingerprint density at radius 2 is 0.973 bits per heavy atom. The number of epoxide rings is 2. The predicted octanol–water partition coefficient (Wildman–Crippen LogP) is 4.99. The van der Waals surface area contributed by atoms with Gasteiger partial charge in [0.2, 0.25) is 9.84 Å². The molecule has 2 heterocycles. The molecular formula is C30H34O6S. The van der Waals surface area contributed by atoms with Crippen molar-refractivity contribution in [3.05, 3.63) is 97.1 Å². The average Bonchev–Trinajstić information content (AvgIpc) is 3.79. The van der Waals surface area contributed by atoms with Gasteiger partial charge in [-0.1, -0.05) is 24.3 Å². The molecule has 0 N–H and O–H groups in total. The van der Waals surface area contributed by atoms with E-state index in [4.69, 9.17) is 18.9 Å². The van der Waals surface area contributed by atoms with Crippen LogP contribution in [0.25, 0.3) is 0 Å². The lowest BCUT2D eigenvalue weighted by atomic mass is 10.0. The van der Waals surface area contributed by atoms with Crippen LogP contribution < -0.4 is 9.47 Å². The average molecular weight is 523 g/mol. The lowest BCUT2D eigenvalue weighted by molar-refractivity contribution is 0.259. The van der Waals surface area contributed by atoms with E-state index in [0.717, 1.165) is 22.3 Å². The van der Waals surface area contributed by atoms with Crippen molar-refractivity contribution < 1.29 is 27.4 Å². The molecule has 2 unspecified atom stereocenters. The Labute approximate surface area is 219 Å². The van der Waals surface area contributed by atoms with Crippen molar-refractivity contribution in [3.63, 3.8) is 0 Å².